The zero-order valence-electron chi connectivity index (χ0n) is 11.3. The lowest BCUT2D eigenvalue weighted by atomic mass is 10.1. The summed E-state index contributed by atoms with van der Waals surface area (Å²) >= 11 is 6.27. The van der Waals surface area contributed by atoms with Crippen LogP contribution in [0.1, 0.15) is 11.1 Å². The molecule has 0 bridgehead atoms. The van der Waals surface area contributed by atoms with Crippen molar-refractivity contribution in [3.8, 4) is 0 Å². The molecule has 0 radical (unpaired) electrons. The number of aromatic nitrogens is 1. The van der Waals surface area contributed by atoms with Gasteiger partial charge in [0.1, 0.15) is 0 Å². The van der Waals surface area contributed by atoms with Gasteiger partial charge in [0.05, 0.1) is 17.0 Å². The molecule has 1 aromatic heterocycles. The molecule has 106 valence electrons. The molecular weight excluding hydrogens is 286 g/mol. The average Bonchev–Trinajstić information content (AvgIpc) is 2.85. The van der Waals surface area contributed by atoms with Crippen LogP contribution in [0.3, 0.4) is 0 Å². The van der Waals surface area contributed by atoms with E-state index in [1.54, 1.807) is 0 Å². The standard InChI is InChI=1S/C17H14ClNO2/c18-15-3-1-2-14-8-9-19(17(14)15)11-13-6-4-12(5-7-13)10-16(20)21/h1-9H,10-11H2,(H,20,21). The highest BCUT2D eigenvalue weighted by Gasteiger charge is 2.06. The smallest absolute Gasteiger partial charge is 0.307 e. The van der Waals surface area contributed by atoms with Gasteiger partial charge in [0.2, 0.25) is 0 Å². The minimum absolute atomic E-state index is 0.0541. The normalized spacial score (nSPS) is 10.9. The summed E-state index contributed by atoms with van der Waals surface area (Å²) in [6.07, 6.45) is 2.07. The number of carboxylic acids is 1. The SMILES string of the molecule is O=C(O)Cc1ccc(Cn2ccc3cccc(Cl)c32)cc1. The molecule has 0 aliphatic carbocycles. The molecule has 0 saturated carbocycles. The third-order valence-corrected chi connectivity index (χ3v) is 3.78. The number of halogens is 1. The molecule has 0 saturated heterocycles. The van der Waals surface area contributed by atoms with Crippen molar-refractivity contribution in [1.29, 1.82) is 0 Å². The molecule has 0 spiro atoms. The van der Waals surface area contributed by atoms with Gasteiger partial charge in [0, 0.05) is 18.1 Å². The number of nitrogens with zero attached hydrogens (tertiary/aromatic N) is 1. The second-order valence-electron chi connectivity index (χ2n) is 5.01. The van der Waals surface area contributed by atoms with Crippen LogP contribution in [-0.2, 0) is 17.8 Å². The van der Waals surface area contributed by atoms with Crippen LogP contribution in [0.4, 0.5) is 0 Å². The predicted octanol–water partition coefficient (Wildman–Crippen LogP) is 3.97. The Labute approximate surface area is 127 Å². The number of aliphatic carboxylic acids is 1. The van der Waals surface area contributed by atoms with Gasteiger partial charge in [-0.2, -0.15) is 0 Å². The van der Waals surface area contributed by atoms with Crippen molar-refractivity contribution in [3.63, 3.8) is 0 Å². The fourth-order valence-electron chi connectivity index (χ4n) is 2.48. The van der Waals surface area contributed by atoms with Crippen molar-refractivity contribution in [1.82, 2.24) is 4.57 Å². The quantitative estimate of drug-likeness (QED) is 0.792. The van der Waals surface area contributed by atoms with Crippen LogP contribution >= 0.6 is 11.6 Å². The Hall–Kier alpha value is -2.26. The van der Waals surface area contributed by atoms with Gasteiger partial charge in [-0.1, -0.05) is 48.0 Å². The minimum atomic E-state index is -0.814. The van der Waals surface area contributed by atoms with E-state index >= 15 is 0 Å². The maximum Gasteiger partial charge on any atom is 0.307 e. The van der Waals surface area contributed by atoms with E-state index in [9.17, 15) is 4.79 Å². The molecule has 0 aliphatic rings. The van der Waals surface area contributed by atoms with Gasteiger partial charge < -0.3 is 9.67 Å². The first kappa shape index (κ1) is 13.7. The second kappa shape index (κ2) is 5.62. The minimum Gasteiger partial charge on any atom is -0.481 e. The summed E-state index contributed by atoms with van der Waals surface area (Å²) in [6, 6.07) is 15.5. The molecule has 4 heteroatoms. The number of hydrogen-bond acceptors (Lipinski definition) is 1. The lowest BCUT2D eigenvalue weighted by Crippen LogP contribution is -2.01. The molecule has 0 fully saturated rings. The van der Waals surface area contributed by atoms with Crippen molar-refractivity contribution in [2.75, 3.05) is 0 Å². The average molecular weight is 300 g/mol. The third kappa shape index (κ3) is 2.93. The number of carboxylic acid groups (broad SMARTS) is 1. The molecule has 0 unspecified atom stereocenters. The zero-order chi connectivity index (χ0) is 14.8. The number of rotatable bonds is 4. The molecule has 3 rings (SSSR count). The zero-order valence-corrected chi connectivity index (χ0v) is 12.0. The van der Waals surface area contributed by atoms with Crippen molar-refractivity contribution < 1.29 is 9.90 Å². The lowest BCUT2D eigenvalue weighted by molar-refractivity contribution is -0.136. The van der Waals surface area contributed by atoms with E-state index in [1.165, 1.54) is 0 Å². The van der Waals surface area contributed by atoms with Crippen molar-refractivity contribution in [3.05, 3.63) is 70.9 Å². The van der Waals surface area contributed by atoms with E-state index < -0.39 is 5.97 Å². The molecule has 0 aliphatic heterocycles. The van der Waals surface area contributed by atoms with E-state index in [2.05, 4.69) is 4.57 Å². The molecule has 0 amide bonds. The Bertz CT molecular complexity index is 790. The Morgan fingerprint density at radius 3 is 2.48 bits per heavy atom. The Balaban J connectivity index is 1.87. The van der Waals surface area contributed by atoms with Gasteiger partial charge in [-0.15, -0.1) is 0 Å². The highest BCUT2D eigenvalue weighted by Crippen LogP contribution is 2.25. The Morgan fingerprint density at radius 1 is 1.05 bits per heavy atom. The van der Waals surface area contributed by atoms with Crippen LogP contribution in [0.15, 0.2) is 54.7 Å². The summed E-state index contributed by atoms with van der Waals surface area (Å²) in [5.41, 5.74) is 2.94. The number of hydrogen-bond donors (Lipinski definition) is 1. The van der Waals surface area contributed by atoms with Crippen LogP contribution in [0.5, 0.6) is 0 Å². The number of para-hydroxylation sites is 1. The maximum absolute atomic E-state index is 10.7. The summed E-state index contributed by atoms with van der Waals surface area (Å²) in [4.78, 5) is 10.7. The monoisotopic (exact) mass is 299 g/mol. The third-order valence-electron chi connectivity index (χ3n) is 3.47. The van der Waals surface area contributed by atoms with E-state index in [1.807, 2.05) is 54.7 Å². The highest BCUT2D eigenvalue weighted by molar-refractivity contribution is 6.35. The van der Waals surface area contributed by atoms with Crippen LogP contribution in [0.2, 0.25) is 5.02 Å². The first-order valence-corrected chi connectivity index (χ1v) is 7.04. The van der Waals surface area contributed by atoms with E-state index in [0.717, 1.165) is 27.1 Å². The van der Waals surface area contributed by atoms with E-state index in [4.69, 9.17) is 16.7 Å². The summed E-state index contributed by atoms with van der Waals surface area (Å²) in [5, 5.41) is 10.6. The summed E-state index contributed by atoms with van der Waals surface area (Å²) in [5.74, 6) is -0.814. The van der Waals surface area contributed by atoms with Gasteiger partial charge >= 0.3 is 5.97 Å². The van der Waals surface area contributed by atoms with Gasteiger partial charge in [0.25, 0.3) is 0 Å². The topological polar surface area (TPSA) is 42.2 Å². The summed E-state index contributed by atoms with van der Waals surface area (Å²) in [7, 11) is 0. The molecule has 3 nitrogen and oxygen atoms in total. The predicted molar refractivity (Wildman–Crippen MR) is 83.8 cm³/mol. The molecule has 1 heterocycles. The van der Waals surface area contributed by atoms with Crippen molar-refractivity contribution in [2.24, 2.45) is 0 Å². The van der Waals surface area contributed by atoms with Crippen LogP contribution in [0.25, 0.3) is 10.9 Å². The largest absolute Gasteiger partial charge is 0.481 e. The van der Waals surface area contributed by atoms with Gasteiger partial charge in [0.15, 0.2) is 0 Å². The Morgan fingerprint density at radius 2 is 1.76 bits per heavy atom. The van der Waals surface area contributed by atoms with Crippen LogP contribution in [-0.4, -0.2) is 15.6 Å². The number of fused-ring (bicyclic) bond motifs is 1. The van der Waals surface area contributed by atoms with Crippen LogP contribution < -0.4 is 0 Å². The summed E-state index contributed by atoms with van der Waals surface area (Å²) in [6.45, 7) is 0.709. The second-order valence-corrected chi connectivity index (χ2v) is 5.42. The van der Waals surface area contributed by atoms with Crippen LogP contribution in [0, 0.1) is 0 Å². The molecule has 21 heavy (non-hydrogen) atoms. The van der Waals surface area contributed by atoms with Gasteiger partial charge in [-0.3, -0.25) is 4.79 Å². The number of benzene rings is 2. The maximum atomic E-state index is 10.7. The number of carbonyl (C=O) groups is 1. The fraction of sp³-hybridized carbons (Fsp3) is 0.118. The molecule has 2 aromatic carbocycles. The van der Waals surface area contributed by atoms with E-state index in [0.29, 0.717) is 6.54 Å². The van der Waals surface area contributed by atoms with Gasteiger partial charge in [-0.25, -0.2) is 0 Å². The molecule has 3 aromatic rings. The first-order chi connectivity index (χ1) is 10.1. The van der Waals surface area contributed by atoms with Crippen molar-refractivity contribution >= 4 is 28.5 Å². The Kier molecular flexibility index (Phi) is 3.67. The molecular formula is C17H14ClNO2. The summed E-state index contributed by atoms with van der Waals surface area (Å²) < 4.78 is 2.10. The van der Waals surface area contributed by atoms with Gasteiger partial charge in [-0.05, 0) is 23.3 Å². The lowest BCUT2D eigenvalue weighted by Gasteiger charge is -2.08. The molecule has 1 N–H and O–H groups in total. The fourth-order valence-corrected chi connectivity index (χ4v) is 2.77. The van der Waals surface area contributed by atoms with E-state index in [-0.39, 0.29) is 6.42 Å². The highest BCUT2D eigenvalue weighted by atomic mass is 35.5. The molecule has 0 atom stereocenters. The first-order valence-electron chi connectivity index (χ1n) is 6.66. The van der Waals surface area contributed by atoms with Crippen molar-refractivity contribution in [2.45, 2.75) is 13.0 Å².